The molecule has 0 fully saturated rings. The van der Waals surface area contributed by atoms with E-state index in [2.05, 4.69) is 45.2 Å². The van der Waals surface area contributed by atoms with Crippen LogP contribution in [0.3, 0.4) is 0 Å². The van der Waals surface area contributed by atoms with Crippen LogP contribution in [0.2, 0.25) is 0 Å². The van der Waals surface area contributed by atoms with Crippen LogP contribution in [0.5, 0.6) is 0 Å². The minimum Gasteiger partial charge on any atom is -0.473 e. The summed E-state index contributed by atoms with van der Waals surface area (Å²) in [6, 6.07) is 0. The Morgan fingerprint density at radius 3 is 1.28 bits per heavy atom. The second-order valence-electron chi connectivity index (χ2n) is 2.09. The lowest BCUT2D eigenvalue weighted by Crippen LogP contribution is -2.09. The summed E-state index contributed by atoms with van der Waals surface area (Å²) in [7, 11) is 0. The van der Waals surface area contributed by atoms with Crippen molar-refractivity contribution in [2.45, 2.75) is 13.8 Å². The van der Waals surface area contributed by atoms with E-state index < -0.39 is 11.9 Å². The van der Waals surface area contributed by atoms with Gasteiger partial charge < -0.3 is 10.2 Å². The molecule has 8 heteroatoms. The average molecular weight is 260 g/mol. The molecule has 0 aromatic carbocycles. The number of hydrogen-bond donors (Lipinski definition) is 4. The molecule has 0 aliphatic heterocycles. The van der Waals surface area contributed by atoms with Crippen LogP contribution in [-0.4, -0.2) is 35.4 Å². The van der Waals surface area contributed by atoms with Gasteiger partial charge in [0.2, 0.25) is 0 Å². The molecule has 0 amide bonds. The van der Waals surface area contributed by atoms with E-state index in [1.165, 1.54) is 0 Å². The molecule has 102 valence electrons. The van der Waals surface area contributed by atoms with Gasteiger partial charge in [-0.2, -0.15) is 0 Å². The standard InChI is InChI=1S/2C4H7NO.C2H2O4/c2*1-2-3-4-6-5;3-1(4)2(5)6/h2*4-5H2,1H3;(H,3,4)(H,5,6). The zero-order valence-electron chi connectivity index (χ0n) is 10.1. The first-order valence-corrected chi connectivity index (χ1v) is 4.36. The van der Waals surface area contributed by atoms with E-state index >= 15 is 0 Å². The molecule has 18 heavy (non-hydrogen) atoms. The maximum atomic E-state index is 9.10. The minimum atomic E-state index is -1.82. The van der Waals surface area contributed by atoms with Gasteiger partial charge in [-0.3, -0.25) is 9.68 Å². The van der Waals surface area contributed by atoms with E-state index in [0.717, 1.165) is 0 Å². The van der Waals surface area contributed by atoms with Crippen molar-refractivity contribution in [2.75, 3.05) is 13.2 Å². The first kappa shape index (κ1) is 21.2. The Labute approximate surface area is 105 Å². The first-order valence-electron chi connectivity index (χ1n) is 4.36. The Morgan fingerprint density at radius 2 is 1.22 bits per heavy atom. The zero-order valence-corrected chi connectivity index (χ0v) is 10.1. The van der Waals surface area contributed by atoms with Crippen molar-refractivity contribution in [1.82, 2.24) is 0 Å². The highest BCUT2D eigenvalue weighted by atomic mass is 16.6. The third-order valence-corrected chi connectivity index (χ3v) is 0.848. The van der Waals surface area contributed by atoms with Crippen molar-refractivity contribution < 1.29 is 29.5 Å². The van der Waals surface area contributed by atoms with Crippen LogP contribution >= 0.6 is 0 Å². The molecule has 0 aliphatic rings. The van der Waals surface area contributed by atoms with Crippen molar-refractivity contribution in [2.24, 2.45) is 11.8 Å². The highest BCUT2D eigenvalue weighted by molar-refractivity contribution is 6.27. The molecule has 0 saturated carbocycles. The van der Waals surface area contributed by atoms with Crippen molar-refractivity contribution in [3.8, 4) is 23.7 Å². The van der Waals surface area contributed by atoms with E-state index in [-0.39, 0.29) is 0 Å². The molecule has 0 heterocycles. The lowest BCUT2D eigenvalue weighted by Gasteiger charge is -1.77. The molecular weight excluding hydrogens is 244 g/mol. The van der Waals surface area contributed by atoms with Crippen LogP contribution in [0, 0.1) is 23.7 Å². The molecule has 0 aromatic heterocycles. The summed E-state index contributed by atoms with van der Waals surface area (Å²) >= 11 is 0. The predicted molar refractivity (Wildman–Crippen MR) is 62.5 cm³/mol. The molecule has 6 N–H and O–H groups in total. The molecular formula is C10H16N2O6. The van der Waals surface area contributed by atoms with Crippen molar-refractivity contribution in [3.63, 3.8) is 0 Å². The Bertz CT molecular complexity index is 300. The molecule has 0 aliphatic carbocycles. The fraction of sp³-hybridized carbons (Fsp3) is 0.400. The molecule has 0 aromatic rings. The summed E-state index contributed by atoms with van der Waals surface area (Å²) in [4.78, 5) is 26.4. The summed E-state index contributed by atoms with van der Waals surface area (Å²) in [5, 5.41) is 14.8. The summed E-state index contributed by atoms with van der Waals surface area (Å²) in [5.41, 5.74) is 0. The number of rotatable bonds is 2. The number of carbonyl (C=O) groups is 2. The van der Waals surface area contributed by atoms with Gasteiger partial charge in [0.05, 0.1) is 0 Å². The molecule has 0 atom stereocenters. The Hall–Kier alpha value is -2.10. The van der Waals surface area contributed by atoms with Gasteiger partial charge in [-0.1, -0.05) is 11.8 Å². The van der Waals surface area contributed by atoms with Gasteiger partial charge >= 0.3 is 11.9 Å². The number of aliphatic carboxylic acids is 2. The maximum absolute atomic E-state index is 9.10. The predicted octanol–water partition coefficient (Wildman–Crippen LogP) is -1.04. The van der Waals surface area contributed by atoms with Crippen molar-refractivity contribution >= 4 is 11.9 Å². The molecule has 0 rings (SSSR count). The normalized spacial score (nSPS) is 6.67. The highest BCUT2D eigenvalue weighted by Gasteiger charge is 2.04. The molecule has 8 nitrogen and oxygen atoms in total. The Kier molecular flexibility index (Phi) is 24.0. The molecule has 0 bridgehead atoms. The third-order valence-electron chi connectivity index (χ3n) is 0.848. The quantitative estimate of drug-likeness (QED) is 0.279. The van der Waals surface area contributed by atoms with Crippen LogP contribution in [0.1, 0.15) is 13.8 Å². The third kappa shape index (κ3) is 37.1. The van der Waals surface area contributed by atoms with Crippen LogP contribution in [-0.2, 0) is 19.3 Å². The highest BCUT2D eigenvalue weighted by Crippen LogP contribution is 1.56. The van der Waals surface area contributed by atoms with E-state index in [0.29, 0.717) is 13.2 Å². The summed E-state index contributed by atoms with van der Waals surface area (Å²) in [6.07, 6.45) is 0. The first-order chi connectivity index (χ1) is 8.47. The van der Waals surface area contributed by atoms with E-state index in [4.69, 9.17) is 19.8 Å². The molecule has 0 saturated heterocycles. The Morgan fingerprint density at radius 1 is 0.944 bits per heavy atom. The van der Waals surface area contributed by atoms with Crippen LogP contribution in [0.4, 0.5) is 0 Å². The smallest absolute Gasteiger partial charge is 0.414 e. The van der Waals surface area contributed by atoms with Crippen molar-refractivity contribution in [3.05, 3.63) is 0 Å². The molecule has 0 unspecified atom stereocenters. The second-order valence-corrected chi connectivity index (χ2v) is 2.09. The summed E-state index contributed by atoms with van der Waals surface area (Å²) in [5.74, 6) is 16.0. The SMILES string of the molecule is CC#CCON.CC#CCON.O=C(O)C(=O)O. The monoisotopic (exact) mass is 260 g/mol. The van der Waals surface area contributed by atoms with Gasteiger partial charge in [0.25, 0.3) is 0 Å². The van der Waals surface area contributed by atoms with E-state index in [9.17, 15) is 0 Å². The minimum absolute atomic E-state index is 0.330. The Balaban J connectivity index is -0.000000187. The largest absolute Gasteiger partial charge is 0.473 e. The van der Waals surface area contributed by atoms with Crippen LogP contribution < -0.4 is 11.8 Å². The van der Waals surface area contributed by atoms with Gasteiger partial charge in [-0.05, 0) is 13.8 Å². The van der Waals surface area contributed by atoms with Crippen molar-refractivity contribution in [1.29, 1.82) is 0 Å². The zero-order chi connectivity index (χ0) is 14.8. The number of carboxylic acid groups (broad SMARTS) is 2. The molecule has 0 spiro atoms. The number of carboxylic acids is 2. The van der Waals surface area contributed by atoms with Gasteiger partial charge in [0.15, 0.2) is 0 Å². The van der Waals surface area contributed by atoms with Gasteiger partial charge in [-0.25, -0.2) is 21.4 Å². The second kappa shape index (κ2) is 20.3. The summed E-state index contributed by atoms with van der Waals surface area (Å²) in [6.45, 7) is 4.13. The molecule has 0 radical (unpaired) electrons. The van der Waals surface area contributed by atoms with Gasteiger partial charge in [0.1, 0.15) is 13.2 Å². The number of hydrogen-bond acceptors (Lipinski definition) is 6. The maximum Gasteiger partial charge on any atom is 0.414 e. The van der Waals surface area contributed by atoms with Gasteiger partial charge in [0, 0.05) is 0 Å². The fourth-order valence-corrected chi connectivity index (χ4v) is 0.228. The van der Waals surface area contributed by atoms with Gasteiger partial charge in [-0.15, -0.1) is 11.8 Å². The fourth-order valence-electron chi connectivity index (χ4n) is 0.228. The average Bonchev–Trinajstić information content (AvgIpc) is 2.35. The van der Waals surface area contributed by atoms with Crippen LogP contribution in [0.15, 0.2) is 0 Å². The summed E-state index contributed by atoms with van der Waals surface area (Å²) < 4.78 is 0. The van der Waals surface area contributed by atoms with E-state index in [1.54, 1.807) is 13.8 Å². The lowest BCUT2D eigenvalue weighted by atomic mass is 10.6. The van der Waals surface area contributed by atoms with Crippen LogP contribution in [0.25, 0.3) is 0 Å². The van der Waals surface area contributed by atoms with E-state index in [1.807, 2.05) is 0 Å². The topological polar surface area (TPSA) is 145 Å². The lowest BCUT2D eigenvalue weighted by molar-refractivity contribution is -0.159. The number of nitrogens with two attached hydrogens (primary N) is 2.